The molecule has 0 spiro atoms. The topological polar surface area (TPSA) is 117 Å². The molecule has 2 amide bonds. The number of imide groups is 1. The van der Waals surface area contributed by atoms with Crippen molar-refractivity contribution in [2.75, 3.05) is 5.73 Å². The molecule has 1 aliphatic heterocycles. The second-order valence-corrected chi connectivity index (χ2v) is 5.76. The number of anilines is 1. The Labute approximate surface area is 151 Å². The van der Waals surface area contributed by atoms with Crippen molar-refractivity contribution in [3.05, 3.63) is 75.7 Å². The second-order valence-electron chi connectivity index (χ2n) is 5.76. The molecule has 27 heavy (non-hydrogen) atoms. The van der Waals surface area contributed by atoms with Gasteiger partial charge in [-0.25, -0.2) is 4.39 Å². The van der Waals surface area contributed by atoms with Crippen LogP contribution in [0.2, 0.25) is 0 Å². The molecule has 0 unspecified atom stereocenters. The van der Waals surface area contributed by atoms with Crippen LogP contribution in [0.4, 0.5) is 10.2 Å². The van der Waals surface area contributed by atoms with Crippen LogP contribution in [0.3, 0.4) is 0 Å². The summed E-state index contributed by atoms with van der Waals surface area (Å²) in [5.74, 6) is -1.69. The van der Waals surface area contributed by atoms with Crippen molar-refractivity contribution in [1.82, 2.24) is 9.88 Å². The Morgan fingerprint density at radius 2 is 1.96 bits per heavy atom. The number of hydrogen-bond acceptors (Lipinski definition) is 6. The molecule has 0 bridgehead atoms. The lowest BCUT2D eigenvalue weighted by molar-refractivity contribution is 0.0880. The van der Waals surface area contributed by atoms with E-state index in [-0.39, 0.29) is 35.0 Å². The minimum Gasteiger partial charge on any atom is -0.483 e. The van der Waals surface area contributed by atoms with Gasteiger partial charge in [0.15, 0.2) is 0 Å². The normalized spacial score (nSPS) is 12.8. The third-order valence-corrected chi connectivity index (χ3v) is 4.07. The lowest BCUT2D eigenvalue weighted by atomic mass is 10.1. The number of amides is 2. The number of pyridine rings is 1. The first kappa shape index (κ1) is 16.6. The number of benzene rings is 1. The number of ether oxygens (including phenoxy) is 1. The van der Waals surface area contributed by atoms with Crippen molar-refractivity contribution in [3.8, 4) is 11.4 Å². The molecule has 1 aromatic carbocycles. The van der Waals surface area contributed by atoms with E-state index in [1.165, 1.54) is 12.3 Å². The molecular formula is C18H12FN3O5. The molecule has 0 aliphatic carbocycles. The third-order valence-electron chi connectivity index (χ3n) is 4.07. The fourth-order valence-electron chi connectivity index (χ4n) is 2.86. The number of carbonyl (C=O) groups is 2. The molecule has 0 saturated carbocycles. The summed E-state index contributed by atoms with van der Waals surface area (Å²) >= 11 is 0. The first-order valence-electron chi connectivity index (χ1n) is 7.82. The van der Waals surface area contributed by atoms with Crippen molar-refractivity contribution in [1.29, 1.82) is 0 Å². The molecule has 0 atom stereocenters. The van der Waals surface area contributed by atoms with Crippen LogP contribution >= 0.6 is 0 Å². The Morgan fingerprint density at radius 1 is 1.15 bits per heavy atom. The molecule has 4 rings (SSSR count). The van der Waals surface area contributed by atoms with Gasteiger partial charge in [0.05, 0.1) is 23.1 Å². The smallest absolute Gasteiger partial charge is 0.262 e. The van der Waals surface area contributed by atoms with Gasteiger partial charge in [-0.3, -0.25) is 24.3 Å². The maximum absolute atomic E-state index is 13.9. The van der Waals surface area contributed by atoms with E-state index in [1.54, 1.807) is 12.1 Å². The van der Waals surface area contributed by atoms with E-state index in [9.17, 15) is 18.8 Å². The Balaban J connectivity index is 1.85. The van der Waals surface area contributed by atoms with Gasteiger partial charge in [0.25, 0.3) is 17.4 Å². The van der Waals surface area contributed by atoms with Gasteiger partial charge in [-0.15, -0.1) is 0 Å². The van der Waals surface area contributed by atoms with Gasteiger partial charge in [0.1, 0.15) is 29.8 Å². The van der Waals surface area contributed by atoms with Crippen LogP contribution in [-0.2, 0) is 6.61 Å². The van der Waals surface area contributed by atoms with Gasteiger partial charge < -0.3 is 14.9 Å². The number of aromatic nitrogens is 1. The van der Waals surface area contributed by atoms with E-state index in [4.69, 9.17) is 14.9 Å². The Morgan fingerprint density at radius 3 is 2.70 bits per heavy atom. The van der Waals surface area contributed by atoms with Gasteiger partial charge in [-0.05, 0) is 24.3 Å². The summed E-state index contributed by atoms with van der Waals surface area (Å²) in [4.78, 5) is 36.3. The van der Waals surface area contributed by atoms with Crippen LogP contribution in [0.15, 0.2) is 51.9 Å². The molecule has 3 heterocycles. The first-order valence-corrected chi connectivity index (χ1v) is 7.82. The minimum absolute atomic E-state index is 0.000921. The monoisotopic (exact) mass is 369 g/mol. The lowest BCUT2D eigenvalue weighted by Crippen LogP contribution is -2.24. The van der Waals surface area contributed by atoms with E-state index in [0.717, 1.165) is 22.8 Å². The highest BCUT2D eigenvalue weighted by Crippen LogP contribution is 2.29. The zero-order valence-electron chi connectivity index (χ0n) is 13.7. The number of rotatable bonds is 4. The fourth-order valence-corrected chi connectivity index (χ4v) is 2.86. The fraction of sp³-hybridized carbons (Fsp3) is 0.0556. The maximum Gasteiger partial charge on any atom is 0.262 e. The highest BCUT2D eigenvalue weighted by molar-refractivity contribution is 6.23. The molecule has 1 aliphatic rings. The lowest BCUT2D eigenvalue weighted by Gasteiger charge is -2.16. The van der Waals surface area contributed by atoms with E-state index < -0.39 is 23.2 Å². The largest absolute Gasteiger partial charge is 0.483 e. The summed E-state index contributed by atoms with van der Waals surface area (Å²) in [6.07, 6.45) is 1.48. The summed E-state index contributed by atoms with van der Waals surface area (Å²) in [6, 6.07) is 7.89. The van der Waals surface area contributed by atoms with Crippen molar-refractivity contribution in [2.45, 2.75) is 6.61 Å². The van der Waals surface area contributed by atoms with E-state index >= 15 is 0 Å². The highest BCUT2D eigenvalue weighted by Gasteiger charge is 2.32. The average Bonchev–Trinajstić information content (AvgIpc) is 3.22. The van der Waals surface area contributed by atoms with Crippen LogP contribution in [-0.4, -0.2) is 16.4 Å². The second kappa shape index (κ2) is 6.13. The molecule has 8 nitrogen and oxygen atoms in total. The van der Waals surface area contributed by atoms with Crippen LogP contribution in [0.5, 0.6) is 5.75 Å². The summed E-state index contributed by atoms with van der Waals surface area (Å²) in [6.45, 7) is 0.0319. The van der Waals surface area contributed by atoms with Crippen molar-refractivity contribution >= 4 is 17.6 Å². The van der Waals surface area contributed by atoms with Gasteiger partial charge in [0, 0.05) is 12.1 Å². The zero-order valence-corrected chi connectivity index (χ0v) is 13.7. The van der Waals surface area contributed by atoms with Crippen LogP contribution in [0.1, 0.15) is 26.5 Å². The number of nitrogens with two attached hydrogens (primary N) is 1. The van der Waals surface area contributed by atoms with Gasteiger partial charge in [0.2, 0.25) is 0 Å². The quantitative estimate of drug-likeness (QED) is 0.675. The Bertz CT molecular complexity index is 1130. The number of furan rings is 1. The molecule has 0 saturated heterocycles. The molecule has 3 N–H and O–H groups in total. The predicted octanol–water partition coefficient (Wildman–Crippen LogP) is 1.61. The Hall–Kier alpha value is -3.88. The first-order chi connectivity index (χ1) is 13.0. The molecule has 2 aromatic heterocycles. The average molecular weight is 369 g/mol. The summed E-state index contributed by atoms with van der Waals surface area (Å²) in [5, 5.41) is 2.07. The van der Waals surface area contributed by atoms with Gasteiger partial charge >= 0.3 is 0 Å². The third kappa shape index (κ3) is 2.74. The molecule has 0 radical (unpaired) electrons. The number of fused-ring (bicyclic) bond motifs is 1. The number of carbonyl (C=O) groups excluding carboxylic acids is 2. The summed E-state index contributed by atoms with van der Waals surface area (Å²) in [5.41, 5.74) is 5.02. The number of halogens is 1. The van der Waals surface area contributed by atoms with Crippen LogP contribution < -0.4 is 21.3 Å². The SMILES string of the molecule is Nc1c2c(cc(=O)n1-c1cc(F)ccc1OCc1ccco1)C(=O)NC2=O. The summed E-state index contributed by atoms with van der Waals surface area (Å²) in [7, 11) is 0. The van der Waals surface area contributed by atoms with Gasteiger partial charge in [-0.2, -0.15) is 0 Å². The molecule has 0 fully saturated rings. The van der Waals surface area contributed by atoms with Gasteiger partial charge in [-0.1, -0.05) is 0 Å². The van der Waals surface area contributed by atoms with E-state index in [0.29, 0.717) is 5.76 Å². The number of nitrogens with zero attached hydrogens (tertiary/aromatic N) is 1. The number of nitrogens with one attached hydrogen (secondary N) is 1. The maximum atomic E-state index is 13.9. The summed E-state index contributed by atoms with van der Waals surface area (Å²) < 4.78 is 25.6. The predicted molar refractivity (Wildman–Crippen MR) is 91.2 cm³/mol. The van der Waals surface area contributed by atoms with Crippen molar-refractivity contribution in [3.63, 3.8) is 0 Å². The van der Waals surface area contributed by atoms with Crippen LogP contribution in [0, 0.1) is 5.82 Å². The molecule has 136 valence electrons. The number of nitrogen functional groups attached to an aromatic ring is 1. The molecule has 3 aromatic rings. The van der Waals surface area contributed by atoms with E-state index in [2.05, 4.69) is 5.32 Å². The van der Waals surface area contributed by atoms with Crippen molar-refractivity contribution in [2.24, 2.45) is 0 Å². The minimum atomic E-state index is -0.726. The standard InChI is InChI=1S/C18H12FN3O5/c19-9-3-4-13(27-8-10-2-1-5-26-10)12(6-9)22-14(23)7-11-15(16(22)20)18(25)21-17(11)24/h1-7H,8,20H2,(H,21,24,25). The molecule has 9 heteroatoms. The number of hydrogen-bond donors (Lipinski definition) is 2. The zero-order chi connectivity index (χ0) is 19.1. The van der Waals surface area contributed by atoms with Crippen molar-refractivity contribution < 1.29 is 23.1 Å². The van der Waals surface area contributed by atoms with Crippen LogP contribution in [0.25, 0.3) is 5.69 Å². The molecular weight excluding hydrogens is 357 g/mol. The van der Waals surface area contributed by atoms with E-state index in [1.807, 2.05) is 0 Å². The Kier molecular flexibility index (Phi) is 3.76. The highest BCUT2D eigenvalue weighted by atomic mass is 19.1.